The topological polar surface area (TPSA) is 35.5 Å². The van der Waals surface area contributed by atoms with Crippen molar-refractivity contribution in [1.82, 2.24) is 0 Å². The lowest BCUT2D eigenvalue weighted by Gasteiger charge is -2.21. The summed E-state index contributed by atoms with van der Waals surface area (Å²) in [4.78, 5) is 12.9. The number of hydrogen-bond acceptors (Lipinski definition) is 4. The third-order valence-electron chi connectivity index (χ3n) is 4.90. The average molecular weight is 467 g/mol. The molecule has 3 nitrogen and oxygen atoms in total. The second-order valence-electron chi connectivity index (χ2n) is 7.88. The molecule has 0 aromatic heterocycles. The molecule has 0 aliphatic heterocycles. The average Bonchev–Trinajstić information content (AvgIpc) is 3.42. The number of para-hydroxylation sites is 1. The van der Waals surface area contributed by atoms with E-state index >= 15 is 0 Å². The summed E-state index contributed by atoms with van der Waals surface area (Å²) < 4.78 is 39.7. The Morgan fingerprint density at radius 3 is 2.55 bits per heavy atom. The first kappa shape index (κ1) is 23.6. The summed E-state index contributed by atoms with van der Waals surface area (Å²) in [5.74, 6) is -0.493. The maximum Gasteiger partial charge on any atom is 0.316 e. The van der Waals surface area contributed by atoms with E-state index in [1.807, 2.05) is 30.3 Å². The maximum atomic E-state index is 14.6. The molecule has 3 unspecified atom stereocenters. The quantitative estimate of drug-likeness (QED) is 0.219. The molecule has 0 saturated heterocycles. The Bertz CT molecular complexity index is 945. The molecule has 3 atom stereocenters. The van der Waals surface area contributed by atoms with Crippen molar-refractivity contribution in [2.75, 3.05) is 0 Å². The van der Waals surface area contributed by atoms with Gasteiger partial charge < -0.3 is 9.47 Å². The van der Waals surface area contributed by atoms with Crippen LogP contribution in [-0.4, -0.2) is 15.9 Å². The maximum absolute atomic E-state index is 14.6. The van der Waals surface area contributed by atoms with Crippen molar-refractivity contribution < 1.29 is 23.0 Å². The van der Waals surface area contributed by atoms with Crippen molar-refractivity contribution in [3.05, 3.63) is 71.8 Å². The van der Waals surface area contributed by atoms with Crippen molar-refractivity contribution in [3.8, 4) is 11.5 Å². The number of ether oxygens (including phenoxy) is 2. The van der Waals surface area contributed by atoms with Gasteiger partial charge in [-0.05, 0) is 57.0 Å². The van der Waals surface area contributed by atoms with E-state index in [1.165, 1.54) is 6.92 Å². The van der Waals surface area contributed by atoms with E-state index in [2.05, 4.69) is 0 Å². The van der Waals surface area contributed by atoms with Crippen LogP contribution in [0.3, 0.4) is 0 Å². The number of esters is 1. The lowest BCUT2D eigenvalue weighted by molar-refractivity contribution is -0.151. The van der Waals surface area contributed by atoms with Gasteiger partial charge in [-0.15, -0.1) is 11.6 Å². The van der Waals surface area contributed by atoms with Crippen LogP contribution in [0.15, 0.2) is 66.2 Å². The molecular formula is C24H25ClF2O3S. The SMILES string of the molecule is CC(C)=CC1(C(=O)OCc2cccc(Oc3ccccc3)c2)CC1C(F)(F)SC(C)Cl. The molecule has 7 heteroatoms. The molecule has 0 N–H and O–H groups in total. The van der Waals surface area contributed by atoms with E-state index in [1.54, 1.807) is 44.2 Å². The highest BCUT2D eigenvalue weighted by Crippen LogP contribution is 2.65. The van der Waals surface area contributed by atoms with Gasteiger partial charge in [-0.1, -0.05) is 53.7 Å². The highest BCUT2D eigenvalue weighted by Gasteiger charge is 2.70. The van der Waals surface area contributed by atoms with Gasteiger partial charge in [0.2, 0.25) is 0 Å². The molecule has 2 aromatic carbocycles. The van der Waals surface area contributed by atoms with E-state index in [0.717, 1.165) is 5.57 Å². The fourth-order valence-electron chi connectivity index (χ4n) is 3.56. The summed E-state index contributed by atoms with van der Waals surface area (Å²) in [7, 11) is 0. The Hall–Kier alpha value is -2.05. The van der Waals surface area contributed by atoms with Crippen molar-refractivity contribution in [1.29, 1.82) is 0 Å². The zero-order chi connectivity index (χ0) is 22.6. The van der Waals surface area contributed by atoms with Crippen LogP contribution in [-0.2, 0) is 16.1 Å². The number of thioether (sulfide) groups is 1. The highest BCUT2D eigenvalue weighted by atomic mass is 35.5. The van der Waals surface area contributed by atoms with Crippen LogP contribution in [0.1, 0.15) is 32.8 Å². The van der Waals surface area contributed by atoms with Crippen LogP contribution in [0.4, 0.5) is 8.78 Å². The monoisotopic (exact) mass is 466 g/mol. The van der Waals surface area contributed by atoms with Gasteiger partial charge in [-0.2, -0.15) is 8.78 Å². The largest absolute Gasteiger partial charge is 0.460 e. The van der Waals surface area contributed by atoms with E-state index < -0.39 is 27.3 Å². The first-order chi connectivity index (χ1) is 14.6. The number of carbonyl (C=O) groups is 1. The van der Waals surface area contributed by atoms with Gasteiger partial charge >= 0.3 is 5.97 Å². The normalized spacial score (nSPS) is 21.2. The van der Waals surface area contributed by atoms with Crippen molar-refractivity contribution in [2.24, 2.45) is 11.3 Å². The Balaban J connectivity index is 1.68. The Kier molecular flexibility index (Phi) is 7.32. The zero-order valence-corrected chi connectivity index (χ0v) is 19.2. The van der Waals surface area contributed by atoms with Crippen LogP contribution in [0.5, 0.6) is 11.5 Å². The molecule has 1 aliphatic carbocycles. The third-order valence-corrected chi connectivity index (χ3v) is 6.09. The third kappa shape index (κ3) is 6.01. The molecule has 2 aromatic rings. The summed E-state index contributed by atoms with van der Waals surface area (Å²) in [6.07, 6.45) is 1.64. The Morgan fingerprint density at radius 2 is 1.90 bits per heavy atom. The molecule has 1 saturated carbocycles. The van der Waals surface area contributed by atoms with Crippen LogP contribution < -0.4 is 4.74 Å². The molecule has 1 fully saturated rings. The molecule has 1 aliphatic rings. The molecule has 0 spiro atoms. The number of alkyl halides is 3. The minimum Gasteiger partial charge on any atom is -0.460 e. The summed E-state index contributed by atoms with van der Waals surface area (Å²) >= 11 is 6.14. The lowest BCUT2D eigenvalue weighted by Crippen LogP contribution is -2.27. The first-order valence-corrected chi connectivity index (χ1v) is 11.3. The highest BCUT2D eigenvalue weighted by molar-refractivity contribution is 8.02. The predicted molar refractivity (Wildman–Crippen MR) is 121 cm³/mol. The molecule has 31 heavy (non-hydrogen) atoms. The molecule has 0 radical (unpaired) electrons. The number of halogens is 3. The molecule has 166 valence electrons. The molecular weight excluding hydrogens is 442 g/mol. The molecule has 3 rings (SSSR count). The fourth-order valence-corrected chi connectivity index (χ4v) is 4.81. The molecule has 0 amide bonds. The number of allylic oxidation sites excluding steroid dienone is 1. The summed E-state index contributed by atoms with van der Waals surface area (Å²) in [6.45, 7) is 5.03. The lowest BCUT2D eigenvalue weighted by atomic mass is 10.0. The van der Waals surface area contributed by atoms with Gasteiger partial charge in [0.1, 0.15) is 18.1 Å². The van der Waals surface area contributed by atoms with E-state index in [0.29, 0.717) is 28.8 Å². The van der Waals surface area contributed by atoms with Crippen molar-refractivity contribution >= 4 is 29.3 Å². The second-order valence-corrected chi connectivity index (χ2v) is 10.3. The smallest absolute Gasteiger partial charge is 0.316 e. The summed E-state index contributed by atoms with van der Waals surface area (Å²) in [5.41, 5.74) is 0.179. The zero-order valence-electron chi connectivity index (χ0n) is 17.6. The van der Waals surface area contributed by atoms with Crippen LogP contribution in [0, 0.1) is 11.3 Å². The van der Waals surface area contributed by atoms with Crippen LogP contribution in [0.25, 0.3) is 0 Å². The van der Waals surface area contributed by atoms with Gasteiger partial charge in [0, 0.05) is 0 Å². The van der Waals surface area contributed by atoms with E-state index in [-0.39, 0.29) is 13.0 Å². The van der Waals surface area contributed by atoms with Gasteiger partial charge in [-0.3, -0.25) is 4.79 Å². The number of benzene rings is 2. The van der Waals surface area contributed by atoms with Gasteiger partial charge in [-0.25, -0.2) is 0 Å². The minimum absolute atomic E-state index is 0.0273. The Morgan fingerprint density at radius 1 is 1.23 bits per heavy atom. The second kappa shape index (κ2) is 9.61. The molecule has 0 heterocycles. The number of carbonyl (C=O) groups excluding carboxylic acids is 1. The van der Waals surface area contributed by atoms with Crippen LogP contribution in [0.2, 0.25) is 0 Å². The van der Waals surface area contributed by atoms with Crippen molar-refractivity contribution in [3.63, 3.8) is 0 Å². The summed E-state index contributed by atoms with van der Waals surface area (Å²) in [5, 5.41) is -3.12. The van der Waals surface area contributed by atoms with Gasteiger partial charge in [0.05, 0.1) is 16.0 Å². The van der Waals surface area contributed by atoms with Gasteiger partial charge in [0.25, 0.3) is 5.25 Å². The standard InChI is InChI=1S/C24H25ClF2O3S/c1-16(2)13-23(14-21(23)24(26,27)31-17(3)25)22(28)29-15-18-8-7-11-20(12-18)30-19-9-5-4-6-10-19/h4-13,17,21H,14-15H2,1-3H3. The van der Waals surface area contributed by atoms with E-state index in [4.69, 9.17) is 21.1 Å². The van der Waals surface area contributed by atoms with Crippen LogP contribution >= 0.6 is 23.4 Å². The minimum atomic E-state index is -3.12. The predicted octanol–water partition coefficient (Wildman–Crippen LogP) is 7.41. The first-order valence-electron chi connectivity index (χ1n) is 9.97. The molecule has 0 bridgehead atoms. The fraction of sp³-hybridized carbons (Fsp3) is 0.375. The Labute approximate surface area is 190 Å². The number of hydrogen-bond donors (Lipinski definition) is 0. The van der Waals surface area contributed by atoms with Gasteiger partial charge in [0.15, 0.2) is 0 Å². The number of rotatable bonds is 9. The van der Waals surface area contributed by atoms with E-state index in [9.17, 15) is 13.6 Å². The summed E-state index contributed by atoms with van der Waals surface area (Å²) in [6, 6.07) is 16.5. The van der Waals surface area contributed by atoms with Crippen molar-refractivity contribution in [2.45, 2.75) is 43.8 Å².